The lowest BCUT2D eigenvalue weighted by atomic mass is 9.95. The fourth-order valence-electron chi connectivity index (χ4n) is 2.69. The van der Waals surface area contributed by atoms with Gasteiger partial charge in [-0.05, 0) is 34.4 Å². The van der Waals surface area contributed by atoms with E-state index in [4.69, 9.17) is 9.47 Å². The quantitative estimate of drug-likeness (QED) is 0.696. The normalized spacial score (nSPS) is 12.4. The summed E-state index contributed by atoms with van der Waals surface area (Å²) in [4.78, 5) is 0. The van der Waals surface area contributed by atoms with Gasteiger partial charge in [0.05, 0.1) is 0 Å². The first kappa shape index (κ1) is 13.0. The van der Waals surface area contributed by atoms with Crippen molar-refractivity contribution < 1.29 is 9.47 Å². The second-order valence-electron chi connectivity index (χ2n) is 5.21. The highest BCUT2D eigenvalue weighted by Crippen LogP contribution is 2.34. The molecular weight excluding hydrogens is 272 g/mol. The van der Waals surface area contributed by atoms with Gasteiger partial charge in [-0.1, -0.05) is 60.7 Å². The van der Waals surface area contributed by atoms with Crippen LogP contribution in [0.4, 0.5) is 0 Å². The van der Waals surface area contributed by atoms with Crippen LogP contribution in [-0.4, -0.2) is 6.79 Å². The molecule has 0 fully saturated rings. The maximum atomic E-state index is 5.45. The molecule has 0 amide bonds. The van der Waals surface area contributed by atoms with Gasteiger partial charge in [-0.2, -0.15) is 0 Å². The van der Waals surface area contributed by atoms with E-state index in [0.717, 1.165) is 17.1 Å². The number of fused-ring (bicyclic) bond motifs is 1. The van der Waals surface area contributed by atoms with Crippen LogP contribution in [-0.2, 0) is 0 Å². The predicted octanol–water partition coefficient (Wildman–Crippen LogP) is 4.68. The highest BCUT2D eigenvalue weighted by molar-refractivity contribution is 5.70. The summed E-state index contributed by atoms with van der Waals surface area (Å²) in [6.45, 7) is 0.305. The Balaban J connectivity index is 1.69. The highest BCUT2D eigenvalue weighted by Gasteiger charge is 2.14. The van der Waals surface area contributed by atoms with E-state index >= 15 is 0 Å². The average Bonchev–Trinajstić information content (AvgIpc) is 3.04. The van der Waals surface area contributed by atoms with E-state index in [1.54, 1.807) is 0 Å². The summed E-state index contributed by atoms with van der Waals surface area (Å²) < 4.78 is 10.8. The van der Waals surface area contributed by atoms with Crippen molar-refractivity contribution >= 4 is 0 Å². The Morgan fingerprint density at radius 1 is 0.727 bits per heavy atom. The molecule has 1 radical (unpaired) electrons. The SMILES string of the molecule is [CH](c1ccc2c(c1)OCO2)c1ccccc1-c1ccccc1. The summed E-state index contributed by atoms with van der Waals surface area (Å²) in [5, 5.41) is 0. The third kappa shape index (κ3) is 2.44. The fourth-order valence-corrected chi connectivity index (χ4v) is 2.69. The molecule has 0 spiro atoms. The topological polar surface area (TPSA) is 18.5 Å². The Labute approximate surface area is 129 Å². The maximum Gasteiger partial charge on any atom is 0.231 e. The molecule has 0 unspecified atom stereocenters. The molecule has 2 nitrogen and oxygen atoms in total. The zero-order valence-electron chi connectivity index (χ0n) is 12.0. The van der Waals surface area contributed by atoms with E-state index in [9.17, 15) is 0 Å². The summed E-state index contributed by atoms with van der Waals surface area (Å²) in [5.41, 5.74) is 4.73. The predicted molar refractivity (Wildman–Crippen MR) is 86.9 cm³/mol. The minimum atomic E-state index is 0.305. The van der Waals surface area contributed by atoms with Gasteiger partial charge in [-0.3, -0.25) is 0 Å². The van der Waals surface area contributed by atoms with Crippen molar-refractivity contribution in [3.63, 3.8) is 0 Å². The van der Waals surface area contributed by atoms with Gasteiger partial charge in [-0.25, -0.2) is 0 Å². The van der Waals surface area contributed by atoms with E-state index in [1.807, 2.05) is 18.2 Å². The smallest absolute Gasteiger partial charge is 0.231 e. The number of hydrogen-bond acceptors (Lipinski definition) is 2. The van der Waals surface area contributed by atoms with Crippen LogP contribution in [0.15, 0.2) is 72.8 Å². The van der Waals surface area contributed by atoms with Crippen molar-refractivity contribution in [1.29, 1.82) is 0 Å². The molecule has 0 saturated heterocycles. The number of benzene rings is 3. The van der Waals surface area contributed by atoms with Crippen LogP contribution in [0.25, 0.3) is 11.1 Å². The summed E-state index contributed by atoms with van der Waals surface area (Å²) in [7, 11) is 0. The summed E-state index contributed by atoms with van der Waals surface area (Å²) >= 11 is 0. The minimum absolute atomic E-state index is 0.305. The van der Waals surface area contributed by atoms with Crippen LogP contribution in [0.2, 0.25) is 0 Å². The van der Waals surface area contributed by atoms with Crippen LogP contribution in [0.5, 0.6) is 11.5 Å². The second-order valence-corrected chi connectivity index (χ2v) is 5.21. The summed E-state index contributed by atoms with van der Waals surface area (Å²) in [5.74, 6) is 1.62. The van der Waals surface area contributed by atoms with Gasteiger partial charge in [0.15, 0.2) is 11.5 Å². The van der Waals surface area contributed by atoms with E-state index in [2.05, 4.69) is 61.0 Å². The molecular formula is C20H15O2. The third-order valence-corrected chi connectivity index (χ3v) is 3.76. The molecule has 4 rings (SSSR count). The molecule has 107 valence electrons. The first-order chi connectivity index (χ1) is 10.9. The first-order valence-electron chi connectivity index (χ1n) is 7.29. The van der Waals surface area contributed by atoms with Gasteiger partial charge < -0.3 is 9.47 Å². The van der Waals surface area contributed by atoms with Crippen LogP contribution in [0.3, 0.4) is 0 Å². The van der Waals surface area contributed by atoms with Crippen molar-refractivity contribution in [2.45, 2.75) is 0 Å². The lowest BCUT2D eigenvalue weighted by Gasteiger charge is -2.10. The molecule has 3 aromatic carbocycles. The monoisotopic (exact) mass is 287 g/mol. The molecule has 2 heteroatoms. The minimum Gasteiger partial charge on any atom is -0.454 e. The highest BCUT2D eigenvalue weighted by atomic mass is 16.7. The Kier molecular flexibility index (Phi) is 3.28. The van der Waals surface area contributed by atoms with E-state index < -0.39 is 0 Å². The fraction of sp³-hybridized carbons (Fsp3) is 0.0500. The maximum absolute atomic E-state index is 5.45. The third-order valence-electron chi connectivity index (χ3n) is 3.76. The number of hydrogen-bond donors (Lipinski definition) is 0. The first-order valence-corrected chi connectivity index (χ1v) is 7.29. The Hall–Kier alpha value is -2.74. The molecule has 0 N–H and O–H groups in total. The zero-order chi connectivity index (χ0) is 14.8. The molecule has 1 aliphatic heterocycles. The number of rotatable bonds is 3. The van der Waals surface area contributed by atoms with Gasteiger partial charge in [0.25, 0.3) is 0 Å². The molecule has 0 atom stereocenters. The zero-order valence-corrected chi connectivity index (χ0v) is 12.0. The Morgan fingerprint density at radius 3 is 2.41 bits per heavy atom. The van der Waals surface area contributed by atoms with Gasteiger partial charge in [0, 0.05) is 6.42 Å². The van der Waals surface area contributed by atoms with E-state index in [1.165, 1.54) is 16.7 Å². The average molecular weight is 287 g/mol. The molecule has 22 heavy (non-hydrogen) atoms. The van der Waals surface area contributed by atoms with Crippen LogP contribution in [0.1, 0.15) is 11.1 Å². The Bertz CT molecular complexity index is 794. The molecule has 1 aliphatic rings. The lowest BCUT2D eigenvalue weighted by Crippen LogP contribution is -1.93. The van der Waals surface area contributed by atoms with Gasteiger partial charge in [0.2, 0.25) is 6.79 Å². The van der Waals surface area contributed by atoms with Crippen molar-refractivity contribution in [3.8, 4) is 22.6 Å². The second kappa shape index (κ2) is 5.57. The molecule has 0 saturated carbocycles. The summed E-state index contributed by atoms with van der Waals surface area (Å²) in [6.07, 6.45) is 2.17. The molecule has 0 bridgehead atoms. The molecule has 0 aliphatic carbocycles. The summed E-state index contributed by atoms with van der Waals surface area (Å²) in [6, 6.07) is 24.9. The standard InChI is InChI=1S/C20H15O2/c1-2-6-16(7-3-1)18-9-5-4-8-17(18)12-15-10-11-19-20(13-15)22-14-21-19/h1-13H,14H2. The van der Waals surface area contributed by atoms with Crippen molar-refractivity contribution in [1.82, 2.24) is 0 Å². The Morgan fingerprint density at radius 2 is 1.50 bits per heavy atom. The molecule has 3 aromatic rings. The van der Waals surface area contributed by atoms with Gasteiger partial charge >= 0.3 is 0 Å². The van der Waals surface area contributed by atoms with Crippen LogP contribution >= 0.6 is 0 Å². The van der Waals surface area contributed by atoms with Gasteiger partial charge in [0.1, 0.15) is 0 Å². The molecule has 1 heterocycles. The van der Waals surface area contributed by atoms with E-state index in [0.29, 0.717) is 6.79 Å². The van der Waals surface area contributed by atoms with Crippen molar-refractivity contribution in [2.24, 2.45) is 0 Å². The van der Waals surface area contributed by atoms with Crippen LogP contribution < -0.4 is 9.47 Å². The van der Waals surface area contributed by atoms with Crippen molar-refractivity contribution in [3.05, 3.63) is 90.3 Å². The van der Waals surface area contributed by atoms with Gasteiger partial charge in [-0.15, -0.1) is 0 Å². The number of ether oxygens (including phenoxy) is 2. The lowest BCUT2D eigenvalue weighted by molar-refractivity contribution is 0.174. The van der Waals surface area contributed by atoms with Crippen molar-refractivity contribution in [2.75, 3.05) is 6.79 Å². The van der Waals surface area contributed by atoms with E-state index in [-0.39, 0.29) is 0 Å². The molecule has 0 aromatic heterocycles. The largest absolute Gasteiger partial charge is 0.454 e. The van der Waals surface area contributed by atoms with Crippen LogP contribution in [0, 0.1) is 6.42 Å².